The standard InChI is InChI=1S/C13H5F13O3/c14-8(15,4-1-2-6(27)5(3-4)7(28)29)9(16,17)10(18,19)11(20,21)12(22,23)13(24,25)26/h1-3,27H,(H,28,29). The molecule has 0 aromatic heterocycles. The molecule has 16 heteroatoms. The van der Waals surface area contributed by atoms with Crippen LogP contribution in [-0.4, -0.2) is 46.0 Å². The molecular weight excluding hydrogens is 451 g/mol. The van der Waals surface area contributed by atoms with Crippen molar-refractivity contribution in [3.63, 3.8) is 0 Å². The number of aromatic carboxylic acids is 1. The molecule has 0 saturated heterocycles. The maximum atomic E-state index is 13.9. The van der Waals surface area contributed by atoms with Gasteiger partial charge in [0.1, 0.15) is 11.3 Å². The highest BCUT2D eigenvalue weighted by Gasteiger charge is 2.90. The van der Waals surface area contributed by atoms with Crippen molar-refractivity contribution >= 4 is 5.97 Å². The van der Waals surface area contributed by atoms with Gasteiger partial charge >= 0.3 is 41.8 Å². The largest absolute Gasteiger partial charge is 0.507 e. The van der Waals surface area contributed by atoms with Crippen LogP contribution < -0.4 is 0 Å². The van der Waals surface area contributed by atoms with Crippen molar-refractivity contribution in [2.45, 2.75) is 35.8 Å². The van der Waals surface area contributed by atoms with Crippen molar-refractivity contribution in [3.8, 4) is 5.75 Å². The summed E-state index contributed by atoms with van der Waals surface area (Å²) in [5.41, 5.74) is -4.11. The maximum absolute atomic E-state index is 13.9. The van der Waals surface area contributed by atoms with E-state index in [1.165, 1.54) is 0 Å². The molecule has 0 bridgehead atoms. The molecule has 0 amide bonds. The minimum absolute atomic E-state index is 0.0661. The number of aromatic hydroxyl groups is 1. The second-order valence-electron chi connectivity index (χ2n) is 5.41. The zero-order valence-electron chi connectivity index (χ0n) is 12.9. The molecule has 0 aliphatic heterocycles. The Morgan fingerprint density at radius 2 is 1.10 bits per heavy atom. The number of hydrogen-bond donors (Lipinski definition) is 2. The van der Waals surface area contributed by atoms with E-state index in [0.29, 0.717) is 0 Å². The van der Waals surface area contributed by atoms with Crippen LogP contribution in [0.15, 0.2) is 18.2 Å². The van der Waals surface area contributed by atoms with E-state index in [4.69, 9.17) is 10.2 Å². The molecule has 1 aromatic carbocycles. The molecule has 0 saturated carbocycles. The Labute approximate surface area is 150 Å². The van der Waals surface area contributed by atoms with Gasteiger partial charge in [-0.15, -0.1) is 0 Å². The van der Waals surface area contributed by atoms with Crippen molar-refractivity contribution in [2.24, 2.45) is 0 Å². The number of carboxylic acid groups (broad SMARTS) is 1. The molecular formula is C13H5F13O3. The van der Waals surface area contributed by atoms with Crippen molar-refractivity contribution in [1.29, 1.82) is 0 Å². The first kappa shape index (κ1) is 24.6. The molecule has 29 heavy (non-hydrogen) atoms. The molecule has 0 atom stereocenters. The Morgan fingerprint density at radius 3 is 1.48 bits per heavy atom. The topological polar surface area (TPSA) is 57.5 Å². The van der Waals surface area contributed by atoms with Gasteiger partial charge in [0, 0.05) is 5.56 Å². The first-order chi connectivity index (χ1) is 12.6. The minimum atomic E-state index is -8.06. The molecule has 166 valence electrons. The van der Waals surface area contributed by atoms with E-state index >= 15 is 0 Å². The summed E-state index contributed by atoms with van der Waals surface area (Å²) in [6.07, 6.45) is -7.53. The Morgan fingerprint density at radius 1 is 0.690 bits per heavy atom. The van der Waals surface area contributed by atoms with Crippen LogP contribution in [0.2, 0.25) is 0 Å². The summed E-state index contributed by atoms with van der Waals surface area (Å²) in [5, 5.41) is 17.6. The monoisotopic (exact) mass is 456 g/mol. The highest BCUT2D eigenvalue weighted by Crippen LogP contribution is 2.62. The van der Waals surface area contributed by atoms with Gasteiger partial charge in [-0.25, -0.2) is 4.79 Å². The Bertz CT molecular complexity index is 798. The van der Waals surface area contributed by atoms with Gasteiger partial charge in [-0.05, 0) is 18.2 Å². The van der Waals surface area contributed by atoms with Gasteiger partial charge in [-0.1, -0.05) is 0 Å². The predicted molar refractivity (Wildman–Crippen MR) is 64.8 cm³/mol. The first-order valence-corrected chi connectivity index (χ1v) is 6.60. The minimum Gasteiger partial charge on any atom is -0.507 e. The van der Waals surface area contributed by atoms with Crippen LogP contribution in [0.5, 0.6) is 5.75 Å². The highest BCUT2D eigenvalue weighted by molar-refractivity contribution is 5.91. The van der Waals surface area contributed by atoms with E-state index in [2.05, 4.69) is 0 Å². The number of phenols is 1. The van der Waals surface area contributed by atoms with Gasteiger partial charge in [0.15, 0.2) is 0 Å². The average Bonchev–Trinajstić information content (AvgIpc) is 2.52. The van der Waals surface area contributed by atoms with Crippen LogP contribution >= 0.6 is 0 Å². The summed E-state index contributed by atoms with van der Waals surface area (Å²) in [7, 11) is 0. The van der Waals surface area contributed by atoms with Crippen LogP contribution in [-0.2, 0) is 5.92 Å². The molecule has 0 aliphatic rings. The summed E-state index contributed by atoms with van der Waals surface area (Å²) in [6, 6.07) is -1.00. The molecule has 3 nitrogen and oxygen atoms in total. The van der Waals surface area contributed by atoms with Crippen LogP contribution in [0.1, 0.15) is 15.9 Å². The van der Waals surface area contributed by atoms with Gasteiger partial charge in [0.05, 0.1) is 0 Å². The Hall–Kier alpha value is -2.42. The molecule has 1 rings (SSSR count). The number of halogens is 13. The lowest BCUT2D eigenvalue weighted by atomic mass is 9.90. The van der Waals surface area contributed by atoms with Crippen molar-refractivity contribution < 1.29 is 72.1 Å². The quantitative estimate of drug-likeness (QED) is 0.573. The smallest absolute Gasteiger partial charge is 0.460 e. The van der Waals surface area contributed by atoms with Crippen LogP contribution in [0.3, 0.4) is 0 Å². The number of carbonyl (C=O) groups is 1. The van der Waals surface area contributed by atoms with E-state index in [1.807, 2.05) is 0 Å². The lowest BCUT2D eigenvalue weighted by Crippen LogP contribution is -2.69. The molecule has 2 N–H and O–H groups in total. The second kappa shape index (κ2) is 6.55. The van der Waals surface area contributed by atoms with E-state index in [9.17, 15) is 61.9 Å². The maximum Gasteiger partial charge on any atom is 0.460 e. The lowest BCUT2D eigenvalue weighted by Gasteiger charge is -2.39. The van der Waals surface area contributed by atoms with Gasteiger partial charge in [0.2, 0.25) is 0 Å². The lowest BCUT2D eigenvalue weighted by molar-refractivity contribution is -0.441. The predicted octanol–water partition coefficient (Wildman–Crippen LogP) is 5.29. The third-order valence-corrected chi connectivity index (χ3v) is 3.52. The zero-order valence-corrected chi connectivity index (χ0v) is 12.9. The third kappa shape index (κ3) is 3.31. The number of carboxylic acids is 1. The second-order valence-corrected chi connectivity index (χ2v) is 5.41. The van der Waals surface area contributed by atoms with Crippen molar-refractivity contribution in [2.75, 3.05) is 0 Å². The van der Waals surface area contributed by atoms with Crippen LogP contribution in [0, 0.1) is 0 Å². The summed E-state index contributed by atoms with van der Waals surface area (Å²) >= 11 is 0. The average molecular weight is 456 g/mol. The number of alkyl halides is 13. The fourth-order valence-electron chi connectivity index (χ4n) is 1.85. The molecule has 1 aromatic rings. The van der Waals surface area contributed by atoms with Crippen LogP contribution in [0.25, 0.3) is 0 Å². The Kier molecular flexibility index (Phi) is 5.56. The number of hydrogen-bond acceptors (Lipinski definition) is 2. The molecule has 0 radical (unpaired) electrons. The van der Waals surface area contributed by atoms with E-state index in [1.54, 1.807) is 0 Å². The molecule has 0 heterocycles. The van der Waals surface area contributed by atoms with Gasteiger partial charge in [0.25, 0.3) is 0 Å². The summed E-state index contributed by atoms with van der Waals surface area (Å²) in [6.45, 7) is 0. The van der Waals surface area contributed by atoms with E-state index in [0.717, 1.165) is 0 Å². The number of benzene rings is 1. The van der Waals surface area contributed by atoms with Crippen LogP contribution in [0.4, 0.5) is 57.1 Å². The molecule has 0 unspecified atom stereocenters. The van der Waals surface area contributed by atoms with Gasteiger partial charge < -0.3 is 10.2 Å². The first-order valence-electron chi connectivity index (χ1n) is 6.60. The highest BCUT2D eigenvalue weighted by atomic mass is 19.4. The Balaban J connectivity index is 3.67. The fourth-order valence-corrected chi connectivity index (χ4v) is 1.85. The third-order valence-electron chi connectivity index (χ3n) is 3.52. The zero-order chi connectivity index (χ0) is 23.4. The summed E-state index contributed by atoms with van der Waals surface area (Å²) < 4.78 is 169. The summed E-state index contributed by atoms with van der Waals surface area (Å²) in [5.74, 6) is -41.8. The van der Waals surface area contributed by atoms with E-state index in [-0.39, 0.29) is 12.1 Å². The fraction of sp³-hybridized carbons (Fsp3) is 0.462. The molecule has 0 aliphatic carbocycles. The number of rotatable bonds is 6. The van der Waals surface area contributed by atoms with E-state index < -0.39 is 64.7 Å². The van der Waals surface area contributed by atoms with Crippen molar-refractivity contribution in [3.05, 3.63) is 29.3 Å². The molecule has 0 fully saturated rings. The SMILES string of the molecule is O=C(O)c1cc(C(F)(F)C(F)(F)C(F)(F)C(F)(F)C(F)(F)C(F)(F)F)ccc1O. The van der Waals surface area contributed by atoms with Gasteiger partial charge in [-0.3, -0.25) is 0 Å². The van der Waals surface area contributed by atoms with Gasteiger partial charge in [-0.2, -0.15) is 57.1 Å². The summed E-state index contributed by atoms with van der Waals surface area (Å²) in [4.78, 5) is 10.7. The molecule has 0 spiro atoms. The van der Waals surface area contributed by atoms with Crippen molar-refractivity contribution in [1.82, 2.24) is 0 Å². The normalized spacial score (nSPS) is 14.8.